The van der Waals surface area contributed by atoms with E-state index in [0.717, 1.165) is 11.3 Å². The zero-order valence-electron chi connectivity index (χ0n) is 13.8. The Hall–Kier alpha value is -2.70. The number of hydrogen-bond donors (Lipinski definition) is 0. The summed E-state index contributed by atoms with van der Waals surface area (Å²) in [4.78, 5) is 30.4. The number of rotatable bonds is 5. The lowest BCUT2D eigenvalue weighted by Gasteiger charge is -2.27. The second-order valence-corrected chi connectivity index (χ2v) is 5.49. The minimum atomic E-state index is -0.128. The lowest BCUT2D eigenvalue weighted by molar-refractivity contribution is -0.138. The maximum Gasteiger partial charge on any atom is 0.242 e. The normalized spacial score (nSPS) is 11.8. The van der Waals surface area contributed by atoms with Gasteiger partial charge in [-0.3, -0.25) is 9.59 Å². The number of carbonyl (C=O) groups excluding carboxylic acids is 2. The molecule has 7 heteroatoms. The molecule has 2 amide bonds. The Morgan fingerprint density at radius 2 is 1.87 bits per heavy atom. The van der Waals surface area contributed by atoms with Gasteiger partial charge in [0.1, 0.15) is 12.7 Å². The van der Waals surface area contributed by atoms with Crippen molar-refractivity contribution < 1.29 is 9.59 Å². The average molecular weight is 315 g/mol. The molecule has 0 saturated carbocycles. The van der Waals surface area contributed by atoms with Crippen molar-refractivity contribution in [2.45, 2.75) is 19.9 Å². The minimum absolute atomic E-state index is 0.0766. The van der Waals surface area contributed by atoms with E-state index in [0.29, 0.717) is 0 Å². The summed E-state index contributed by atoms with van der Waals surface area (Å²) in [7, 11) is 3.36. The Labute approximate surface area is 135 Å². The van der Waals surface area contributed by atoms with Crippen molar-refractivity contribution in [3.8, 4) is 5.69 Å². The Bertz CT molecular complexity index is 666. The first-order chi connectivity index (χ1) is 10.9. The fourth-order valence-corrected chi connectivity index (χ4v) is 2.11. The largest absolute Gasteiger partial charge is 0.337 e. The van der Waals surface area contributed by atoms with Gasteiger partial charge in [0.15, 0.2) is 0 Å². The van der Waals surface area contributed by atoms with Crippen LogP contribution in [0.25, 0.3) is 5.69 Å². The number of nitrogens with zero attached hydrogens (tertiary/aromatic N) is 5. The first-order valence-corrected chi connectivity index (χ1v) is 7.32. The van der Waals surface area contributed by atoms with Crippen LogP contribution in [-0.2, 0) is 9.59 Å². The number of benzene rings is 1. The summed E-state index contributed by atoms with van der Waals surface area (Å²) in [5, 5.41) is 4.08. The molecule has 0 saturated heterocycles. The van der Waals surface area contributed by atoms with Crippen LogP contribution in [0.2, 0.25) is 0 Å². The molecule has 0 aliphatic carbocycles. The highest BCUT2D eigenvalue weighted by atomic mass is 16.2. The third-order valence-corrected chi connectivity index (χ3v) is 3.94. The first kappa shape index (κ1) is 16.7. The number of amides is 2. The molecule has 2 rings (SSSR count). The minimum Gasteiger partial charge on any atom is -0.337 e. The van der Waals surface area contributed by atoms with Gasteiger partial charge in [0.05, 0.1) is 18.3 Å². The molecule has 0 fully saturated rings. The molecular formula is C16H21N5O2. The summed E-state index contributed by atoms with van der Waals surface area (Å²) in [6, 6.07) is 7.69. The van der Waals surface area contributed by atoms with Crippen LogP contribution in [0.15, 0.2) is 36.9 Å². The smallest absolute Gasteiger partial charge is 0.242 e. The van der Waals surface area contributed by atoms with Crippen LogP contribution < -0.4 is 0 Å². The highest BCUT2D eigenvalue weighted by molar-refractivity contribution is 5.83. The molecule has 23 heavy (non-hydrogen) atoms. The van der Waals surface area contributed by atoms with Gasteiger partial charge in [0.2, 0.25) is 11.8 Å². The van der Waals surface area contributed by atoms with Gasteiger partial charge in [-0.1, -0.05) is 12.1 Å². The molecule has 1 heterocycles. The van der Waals surface area contributed by atoms with E-state index in [9.17, 15) is 9.59 Å². The summed E-state index contributed by atoms with van der Waals surface area (Å²) < 4.78 is 1.67. The van der Waals surface area contributed by atoms with Crippen LogP contribution in [0.4, 0.5) is 0 Å². The van der Waals surface area contributed by atoms with Crippen molar-refractivity contribution in [1.82, 2.24) is 24.6 Å². The number of carbonyl (C=O) groups is 2. The Morgan fingerprint density at radius 1 is 1.22 bits per heavy atom. The van der Waals surface area contributed by atoms with E-state index in [1.165, 1.54) is 18.2 Å². The van der Waals surface area contributed by atoms with Gasteiger partial charge in [0.25, 0.3) is 0 Å². The molecule has 1 unspecified atom stereocenters. The van der Waals surface area contributed by atoms with E-state index >= 15 is 0 Å². The zero-order chi connectivity index (χ0) is 17.0. The molecule has 1 aromatic carbocycles. The quantitative estimate of drug-likeness (QED) is 0.833. The third-order valence-electron chi connectivity index (χ3n) is 3.94. The molecule has 1 aromatic heterocycles. The van der Waals surface area contributed by atoms with Crippen LogP contribution in [0.5, 0.6) is 0 Å². The van der Waals surface area contributed by atoms with E-state index in [1.54, 1.807) is 30.0 Å². The van der Waals surface area contributed by atoms with E-state index in [4.69, 9.17) is 0 Å². The molecule has 0 aliphatic heterocycles. The Morgan fingerprint density at radius 3 is 2.39 bits per heavy atom. The molecule has 0 N–H and O–H groups in total. The van der Waals surface area contributed by atoms with E-state index in [-0.39, 0.29) is 24.4 Å². The van der Waals surface area contributed by atoms with Crippen molar-refractivity contribution in [2.24, 2.45) is 0 Å². The van der Waals surface area contributed by atoms with Gasteiger partial charge in [0, 0.05) is 21.0 Å². The summed E-state index contributed by atoms with van der Waals surface area (Å²) in [5.41, 5.74) is 1.92. The predicted octanol–water partition coefficient (Wildman–Crippen LogP) is 1.26. The Kier molecular flexibility index (Phi) is 5.10. The fourth-order valence-electron chi connectivity index (χ4n) is 2.11. The lowest BCUT2D eigenvalue weighted by Crippen LogP contribution is -2.39. The molecule has 0 radical (unpaired) electrons. The third kappa shape index (κ3) is 3.94. The molecule has 7 nitrogen and oxygen atoms in total. The van der Waals surface area contributed by atoms with Crippen LogP contribution in [0.1, 0.15) is 25.5 Å². The summed E-state index contributed by atoms with van der Waals surface area (Å²) in [5.74, 6) is -0.229. The van der Waals surface area contributed by atoms with Gasteiger partial charge < -0.3 is 9.80 Å². The van der Waals surface area contributed by atoms with Crippen LogP contribution in [0.3, 0.4) is 0 Å². The van der Waals surface area contributed by atoms with Gasteiger partial charge in [-0.2, -0.15) is 5.10 Å². The van der Waals surface area contributed by atoms with Crippen LogP contribution in [-0.4, -0.2) is 57.0 Å². The van der Waals surface area contributed by atoms with Crippen molar-refractivity contribution >= 4 is 11.8 Å². The van der Waals surface area contributed by atoms with Gasteiger partial charge in [-0.05, 0) is 24.6 Å². The standard InChI is InChI=1S/C16H21N5O2/c1-12(20(4)16(23)9-19(3)13(2)22)14-5-7-15(8-6-14)21-11-17-10-18-21/h5-8,10-12H,9H2,1-4H3. The maximum absolute atomic E-state index is 12.2. The van der Waals surface area contributed by atoms with Crippen molar-refractivity contribution in [3.63, 3.8) is 0 Å². The van der Waals surface area contributed by atoms with E-state index in [2.05, 4.69) is 10.1 Å². The van der Waals surface area contributed by atoms with Gasteiger partial charge >= 0.3 is 0 Å². The topological polar surface area (TPSA) is 71.3 Å². The average Bonchev–Trinajstić information content (AvgIpc) is 3.07. The molecule has 0 bridgehead atoms. The molecule has 0 spiro atoms. The SMILES string of the molecule is CC(=O)N(C)CC(=O)N(C)C(C)c1ccc(-n2cncn2)cc1. The summed E-state index contributed by atoms with van der Waals surface area (Å²) >= 11 is 0. The fraction of sp³-hybridized carbons (Fsp3) is 0.375. The van der Waals surface area contributed by atoms with Crippen LogP contribution >= 0.6 is 0 Å². The second kappa shape index (κ2) is 7.04. The zero-order valence-corrected chi connectivity index (χ0v) is 13.8. The van der Waals surface area contributed by atoms with Crippen molar-refractivity contribution in [3.05, 3.63) is 42.5 Å². The van der Waals surface area contributed by atoms with Gasteiger partial charge in [-0.25, -0.2) is 9.67 Å². The summed E-state index contributed by atoms with van der Waals surface area (Å²) in [6.45, 7) is 3.48. The monoisotopic (exact) mass is 315 g/mol. The van der Waals surface area contributed by atoms with Crippen molar-refractivity contribution in [2.75, 3.05) is 20.6 Å². The summed E-state index contributed by atoms with van der Waals surface area (Å²) in [6.07, 6.45) is 3.11. The molecule has 2 aromatic rings. The maximum atomic E-state index is 12.2. The Balaban J connectivity index is 2.05. The molecular weight excluding hydrogens is 294 g/mol. The van der Waals surface area contributed by atoms with Crippen LogP contribution in [0, 0.1) is 0 Å². The van der Waals surface area contributed by atoms with Crippen molar-refractivity contribution in [1.29, 1.82) is 0 Å². The highest BCUT2D eigenvalue weighted by Crippen LogP contribution is 2.20. The van der Waals surface area contributed by atoms with Gasteiger partial charge in [-0.15, -0.1) is 0 Å². The molecule has 122 valence electrons. The molecule has 1 atom stereocenters. The lowest BCUT2D eigenvalue weighted by atomic mass is 10.1. The second-order valence-electron chi connectivity index (χ2n) is 5.49. The number of aromatic nitrogens is 3. The first-order valence-electron chi connectivity index (χ1n) is 7.32. The predicted molar refractivity (Wildman–Crippen MR) is 85.9 cm³/mol. The van der Waals surface area contributed by atoms with E-state index < -0.39 is 0 Å². The number of likely N-dealkylation sites (N-methyl/N-ethyl adjacent to an activating group) is 2. The number of hydrogen-bond acceptors (Lipinski definition) is 4. The highest BCUT2D eigenvalue weighted by Gasteiger charge is 2.19. The molecule has 0 aliphatic rings. The van der Waals surface area contributed by atoms with E-state index in [1.807, 2.05) is 31.2 Å².